The Morgan fingerprint density at radius 2 is 1.59 bits per heavy atom. The van der Waals surface area contributed by atoms with Crippen LogP contribution in [0.5, 0.6) is 5.75 Å². The van der Waals surface area contributed by atoms with E-state index in [1.165, 1.54) is 6.08 Å². The third-order valence-corrected chi connectivity index (χ3v) is 4.51. The van der Waals surface area contributed by atoms with Gasteiger partial charge in [0.15, 0.2) is 5.11 Å². The largest absolute Gasteiger partial charge is 0.494 e. The molecule has 3 aromatic rings. The Hall–Kier alpha value is -3.97. The second-order valence-corrected chi connectivity index (χ2v) is 7.05. The quantitative estimate of drug-likeness (QED) is 0.357. The minimum absolute atomic E-state index is 0.0917. The van der Waals surface area contributed by atoms with Gasteiger partial charge in [-0.25, -0.2) is 0 Å². The van der Waals surface area contributed by atoms with Gasteiger partial charge in [-0.1, -0.05) is 42.5 Å². The van der Waals surface area contributed by atoms with Crippen molar-refractivity contribution in [1.82, 2.24) is 5.32 Å². The first-order chi connectivity index (χ1) is 15.5. The number of benzene rings is 3. The molecule has 3 aromatic carbocycles. The highest BCUT2D eigenvalue weighted by atomic mass is 32.1. The normalized spacial score (nSPS) is 10.4. The Morgan fingerprint density at radius 1 is 0.906 bits per heavy atom. The standard InChI is InChI=1S/C25H23N3O3S/c1-2-31-20-15-13-19(14-16-20)26-24(30)21-10-6-7-11-22(21)27-25(32)28-23(29)17-12-18-8-4-3-5-9-18/h3-17H,2H2,1H3,(H,26,30)(H2,27,28,29,32)/b17-12+. The summed E-state index contributed by atoms with van der Waals surface area (Å²) < 4.78 is 5.41. The van der Waals surface area contributed by atoms with Crippen LogP contribution in [-0.4, -0.2) is 23.5 Å². The number of rotatable bonds is 7. The highest BCUT2D eigenvalue weighted by Crippen LogP contribution is 2.19. The molecule has 32 heavy (non-hydrogen) atoms. The number of carbonyl (C=O) groups is 2. The van der Waals surface area contributed by atoms with Crippen LogP contribution in [0.1, 0.15) is 22.8 Å². The van der Waals surface area contributed by atoms with Gasteiger partial charge in [0.1, 0.15) is 5.75 Å². The Bertz CT molecular complexity index is 1110. The average molecular weight is 446 g/mol. The van der Waals surface area contributed by atoms with Crippen LogP contribution in [0.4, 0.5) is 11.4 Å². The summed E-state index contributed by atoms with van der Waals surface area (Å²) in [5.74, 6) is 0.0491. The summed E-state index contributed by atoms with van der Waals surface area (Å²) in [6.45, 7) is 2.48. The number of hydrogen-bond donors (Lipinski definition) is 3. The molecule has 2 amide bonds. The van der Waals surface area contributed by atoms with Crippen molar-refractivity contribution in [3.05, 3.63) is 96.1 Å². The third-order valence-electron chi connectivity index (χ3n) is 4.31. The first kappa shape index (κ1) is 22.7. The lowest BCUT2D eigenvalue weighted by atomic mass is 10.1. The zero-order valence-corrected chi connectivity index (χ0v) is 18.3. The van der Waals surface area contributed by atoms with Crippen molar-refractivity contribution in [2.75, 3.05) is 17.2 Å². The number of amides is 2. The number of nitrogens with one attached hydrogen (secondary N) is 3. The molecule has 0 radical (unpaired) electrons. The van der Waals surface area contributed by atoms with E-state index in [2.05, 4.69) is 16.0 Å². The number of anilines is 2. The van der Waals surface area contributed by atoms with Crippen LogP contribution < -0.4 is 20.7 Å². The Morgan fingerprint density at radius 3 is 2.31 bits per heavy atom. The van der Waals surface area contributed by atoms with Crippen LogP contribution in [0.2, 0.25) is 0 Å². The smallest absolute Gasteiger partial charge is 0.257 e. The van der Waals surface area contributed by atoms with E-state index in [9.17, 15) is 9.59 Å². The number of carbonyl (C=O) groups excluding carboxylic acids is 2. The zero-order chi connectivity index (χ0) is 22.8. The molecule has 3 rings (SSSR count). The van der Waals surface area contributed by atoms with Gasteiger partial charge in [0.05, 0.1) is 17.9 Å². The lowest BCUT2D eigenvalue weighted by Crippen LogP contribution is -2.33. The van der Waals surface area contributed by atoms with Gasteiger partial charge in [0, 0.05) is 11.8 Å². The van der Waals surface area contributed by atoms with Gasteiger partial charge in [-0.2, -0.15) is 0 Å². The van der Waals surface area contributed by atoms with Crippen LogP contribution in [0.15, 0.2) is 84.9 Å². The predicted molar refractivity (Wildman–Crippen MR) is 132 cm³/mol. The monoisotopic (exact) mass is 445 g/mol. The van der Waals surface area contributed by atoms with E-state index in [1.807, 2.05) is 37.3 Å². The van der Waals surface area contributed by atoms with Gasteiger partial charge in [0.2, 0.25) is 5.91 Å². The van der Waals surface area contributed by atoms with Crippen molar-refractivity contribution in [3.8, 4) is 5.75 Å². The van der Waals surface area contributed by atoms with E-state index < -0.39 is 0 Å². The van der Waals surface area contributed by atoms with Crippen molar-refractivity contribution >= 4 is 46.6 Å². The van der Waals surface area contributed by atoms with Gasteiger partial charge in [0.25, 0.3) is 5.91 Å². The van der Waals surface area contributed by atoms with Crippen molar-refractivity contribution < 1.29 is 14.3 Å². The molecule has 0 fully saturated rings. The van der Waals surface area contributed by atoms with E-state index in [-0.39, 0.29) is 16.9 Å². The molecule has 6 nitrogen and oxygen atoms in total. The molecular weight excluding hydrogens is 422 g/mol. The maximum atomic E-state index is 12.8. The average Bonchev–Trinajstić information content (AvgIpc) is 2.80. The SMILES string of the molecule is CCOc1ccc(NC(=O)c2ccccc2NC(=S)NC(=O)/C=C/c2ccccc2)cc1. The fourth-order valence-corrected chi connectivity index (χ4v) is 3.04. The summed E-state index contributed by atoms with van der Waals surface area (Å²) in [7, 11) is 0. The molecule has 0 aromatic heterocycles. The minimum atomic E-state index is -0.373. The molecule has 3 N–H and O–H groups in total. The van der Waals surface area contributed by atoms with E-state index >= 15 is 0 Å². The molecule has 0 saturated heterocycles. The van der Waals surface area contributed by atoms with E-state index in [0.717, 1.165) is 11.3 Å². The molecule has 0 spiro atoms. The molecule has 0 aliphatic rings. The van der Waals surface area contributed by atoms with Crippen molar-refractivity contribution in [2.45, 2.75) is 6.92 Å². The molecule has 0 bridgehead atoms. The van der Waals surface area contributed by atoms with Gasteiger partial charge < -0.3 is 15.4 Å². The van der Waals surface area contributed by atoms with E-state index in [1.54, 1.807) is 54.6 Å². The summed E-state index contributed by atoms with van der Waals surface area (Å²) >= 11 is 5.24. The molecule has 0 saturated carbocycles. The zero-order valence-electron chi connectivity index (χ0n) is 17.5. The summed E-state index contributed by atoms with van der Waals surface area (Å²) in [6.07, 6.45) is 3.09. The first-order valence-electron chi connectivity index (χ1n) is 10.0. The Balaban J connectivity index is 1.61. The topological polar surface area (TPSA) is 79.5 Å². The highest BCUT2D eigenvalue weighted by molar-refractivity contribution is 7.80. The highest BCUT2D eigenvalue weighted by Gasteiger charge is 2.13. The van der Waals surface area contributed by atoms with E-state index in [0.29, 0.717) is 23.5 Å². The fraction of sp³-hybridized carbons (Fsp3) is 0.0800. The number of ether oxygens (including phenoxy) is 1. The lowest BCUT2D eigenvalue weighted by Gasteiger charge is -2.13. The summed E-state index contributed by atoms with van der Waals surface area (Å²) in [5.41, 5.74) is 2.40. The van der Waals surface area contributed by atoms with E-state index in [4.69, 9.17) is 17.0 Å². The summed E-state index contributed by atoms with van der Waals surface area (Å²) in [5, 5.41) is 8.43. The predicted octanol–water partition coefficient (Wildman–Crippen LogP) is 4.86. The molecule has 0 aliphatic carbocycles. The first-order valence-corrected chi connectivity index (χ1v) is 10.4. The van der Waals surface area contributed by atoms with Crippen LogP contribution in [0, 0.1) is 0 Å². The summed E-state index contributed by atoms with van der Waals surface area (Å²) in [6, 6.07) is 23.5. The molecule has 162 valence electrons. The molecule has 0 atom stereocenters. The molecule has 0 heterocycles. The van der Waals surface area contributed by atoms with Gasteiger partial charge in [-0.05, 0) is 67.2 Å². The third kappa shape index (κ3) is 6.78. The van der Waals surface area contributed by atoms with Crippen LogP contribution in [0.25, 0.3) is 6.08 Å². The molecule has 7 heteroatoms. The summed E-state index contributed by atoms with van der Waals surface area (Å²) in [4.78, 5) is 24.9. The lowest BCUT2D eigenvalue weighted by molar-refractivity contribution is -0.115. The number of hydrogen-bond acceptors (Lipinski definition) is 4. The van der Waals surface area contributed by atoms with Crippen LogP contribution >= 0.6 is 12.2 Å². The van der Waals surface area contributed by atoms with Crippen molar-refractivity contribution in [3.63, 3.8) is 0 Å². The number of thiocarbonyl (C=S) groups is 1. The molecular formula is C25H23N3O3S. The fourth-order valence-electron chi connectivity index (χ4n) is 2.83. The van der Waals surface area contributed by atoms with Gasteiger partial charge in [-0.15, -0.1) is 0 Å². The van der Waals surface area contributed by atoms with Crippen LogP contribution in [0.3, 0.4) is 0 Å². The number of para-hydroxylation sites is 1. The van der Waals surface area contributed by atoms with Gasteiger partial charge >= 0.3 is 0 Å². The second kappa shape index (κ2) is 11.4. The Labute approximate surface area is 192 Å². The van der Waals surface area contributed by atoms with Crippen LogP contribution in [-0.2, 0) is 4.79 Å². The minimum Gasteiger partial charge on any atom is -0.494 e. The Kier molecular flexibility index (Phi) is 8.11. The molecule has 0 aliphatic heterocycles. The maximum absolute atomic E-state index is 12.8. The van der Waals surface area contributed by atoms with Crippen molar-refractivity contribution in [2.24, 2.45) is 0 Å². The van der Waals surface area contributed by atoms with Gasteiger partial charge in [-0.3, -0.25) is 14.9 Å². The maximum Gasteiger partial charge on any atom is 0.257 e. The second-order valence-electron chi connectivity index (χ2n) is 6.64. The van der Waals surface area contributed by atoms with Crippen molar-refractivity contribution in [1.29, 1.82) is 0 Å². The molecule has 0 unspecified atom stereocenters.